The van der Waals surface area contributed by atoms with Gasteiger partial charge >= 0.3 is 7.12 Å². The van der Waals surface area contributed by atoms with Crippen molar-refractivity contribution in [3.63, 3.8) is 0 Å². The Morgan fingerprint density at radius 3 is 2.29 bits per heavy atom. The zero-order valence-electron chi connectivity index (χ0n) is 12.2. The van der Waals surface area contributed by atoms with Gasteiger partial charge in [0.15, 0.2) is 0 Å². The molecule has 21 heavy (non-hydrogen) atoms. The van der Waals surface area contributed by atoms with Gasteiger partial charge in [0.1, 0.15) is 0 Å². The van der Waals surface area contributed by atoms with Gasteiger partial charge in [0.05, 0.1) is 0 Å². The number of rotatable bonds is 2. The van der Waals surface area contributed by atoms with Crippen LogP contribution in [0, 0.1) is 0 Å². The Morgan fingerprint density at radius 2 is 1.71 bits per heavy atom. The van der Waals surface area contributed by atoms with E-state index >= 15 is 0 Å². The van der Waals surface area contributed by atoms with Gasteiger partial charge in [0.2, 0.25) is 0 Å². The molecule has 2 aromatic carbocycles. The van der Waals surface area contributed by atoms with E-state index < -0.39 is 7.12 Å². The van der Waals surface area contributed by atoms with Gasteiger partial charge in [-0.1, -0.05) is 66.5 Å². The highest BCUT2D eigenvalue weighted by Gasteiger charge is 2.23. The zero-order chi connectivity index (χ0) is 15.8. The normalized spacial score (nSPS) is 11.6. The second-order valence-corrected chi connectivity index (χ2v) is 7.28. The molecule has 2 aromatic rings. The van der Waals surface area contributed by atoms with E-state index in [9.17, 15) is 10.0 Å². The molecular weight excluding hydrogens is 350 g/mol. The standard InChI is InChI=1S/C16H17BBrClO2/c1-16(2,3)10-7-8-13(18)12(9-10)11-5-4-6-14(19)15(11)17(20)21/h4-9,20-21H,1-3H3. The van der Waals surface area contributed by atoms with Crippen molar-refractivity contribution < 1.29 is 10.0 Å². The maximum absolute atomic E-state index is 9.62. The van der Waals surface area contributed by atoms with E-state index in [2.05, 4.69) is 48.8 Å². The molecule has 5 heteroatoms. The summed E-state index contributed by atoms with van der Waals surface area (Å²) in [6, 6.07) is 11.4. The molecule has 0 bridgehead atoms. The van der Waals surface area contributed by atoms with E-state index in [1.54, 1.807) is 12.1 Å². The molecule has 0 atom stereocenters. The minimum Gasteiger partial charge on any atom is -0.423 e. The summed E-state index contributed by atoms with van der Waals surface area (Å²) in [4.78, 5) is 0. The summed E-state index contributed by atoms with van der Waals surface area (Å²) in [7, 11) is -1.61. The van der Waals surface area contributed by atoms with E-state index in [4.69, 9.17) is 11.6 Å². The highest BCUT2D eigenvalue weighted by Crippen LogP contribution is 2.33. The smallest absolute Gasteiger partial charge is 0.423 e. The summed E-state index contributed by atoms with van der Waals surface area (Å²) in [6.45, 7) is 6.42. The van der Waals surface area contributed by atoms with E-state index in [-0.39, 0.29) is 5.41 Å². The van der Waals surface area contributed by atoms with Crippen LogP contribution in [-0.2, 0) is 5.41 Å². The van der Waals surface area contributed by atoms with Gasteiger partial charge in [-0.3, -0.25) is 0 Å². The molecule has 0 unspecified atom stereocenters. The molecule has 0 aromatic heterocycles. The molecule has 0 aliphatic heterocycles. The Balaban J connectivity index is 2.70. The van der Waals surface area contributed by atoms with Gasteiger partial charge in [-0.05, 0) is 40.3 Å². The molecule has 0 aliphatic rings. The maximum atomic E-state index is 9.62. The molecule has 0 saturated carbocycles. The van der Waals surface area contributed by atoms with Crippen molar-refractivity contribution in [1.29, 1.82) is 0 Å². The van der Waals surface area contributed by atoms with Crippen LogP contribution in [0.3, 0.4) is 0 Å². The van der Waals surface area contributed by atoms with Gasteiger partial charge < -0.3 is 10.0 Å². The zero-order valence-corrected chi connectivity index (χ0v) is 14.5. The third-order valence-electron chi connectivity index (χ3n) is 3.43. The lowest BCUT2D eigenvalue weighted by Gasteiger charge is -2.21. The largest absolute Gasteiger partial charge is 0.490 e. The predicted octanol–water partition coefficient (Wildman–Crippen LogP) is 3.75. The van der Waals surface area contributed by atoms with Crippen LogP contribution in [-0.4, -0.2) is 17.2 Å². The van der Waals surface area contributed by atoms with Crippen LogP contribution in [0.15, 0.2) is 40.9 Å². The van der Waals surface area contributed by atoms with Gasteiger partial charge in [-0.15, -0.1) is 0 Å². The van der Waals surface area contributed by atoms with E-state index in [1.165, 1.54) is 5.56 Å². The number of benzene rings is 2. The Morgan fingerprint density at radius 1 is 1.05 bits per heavy atom. The van der Waals surface area contributed by atoms with Crippen molar-refractivity contribution >= 4 is 40.1 Å². The fourth-order valence-electron chi connectivity index (χ4n) is 2.23. The first-order valence-corrected chi connectivity index (χ1v) is 7.84. The van der Waals surface area contributed by atoms with Crippen LogP contribution in [0.1, 0.15) is 26.3 Å². The lowest BCUT2D eigenvalue weighted by molar-refractivity contribution is 0.426. The Labute approximate surface area is 139 Å². The van der Waals surface area contributed by atoms with Crippen molar-refractivity contribution in [1.82, 2.24) is 0 Å². The molecule has 0 fully saturated rings. The Bertz CT molecular complexity index is 666. The summed E-state index contributed by atoms with van der Waals surface area (Å²) in [5.41, 5.74) is 3.11. The summed E-state index contributed by atoms with van der Waals surface area (Å²) in [5.74, 6) is 0. The van der Waals surface area contributed by atoms with E-state index in [0.717, 1.165) is 15.6 Å². The van der Waals surface area contributed by atoms with Crippen LogP contribution in [0.25, 0.3) is 11.1 Å². The SMILES string of the molecule is CC(C)(C)c1ccc(Br)c(-c2cccc(Cl)c2B(O)O)c1. The molecular formula is C16H17BBrClO2. The van der Waals surface area contributed by atoms with E-state index in [1.807, 2.05) is 12.1 Å². The Kier molecular flexibility index (Phi) is 4.84. The first-order chi connectivity index (χ1) is 9.71. The van der Waals surface area contributed by atoms with Gasteiger partial charge in [0.25, 0.3) is 0 Å². The Hall–Kier alpha value is -0.805. The second-order valence-electron chi connectivity index (χ2n) is 6.02. The topological polar surface area (TPSA) is 40.5 Å². The molecule has 2 N–H and O–H groups in total. The van der Waals surface area contributed by atoms with Crippen molar-refractivity contribution in [3.8, 4) is 11.1 Å². The first-order valence-electron chi connectivity index (χ1n) is 6.67. The summed E-state index contributed by atoms with van der Waals surface area (Å²) >= 11 is 9.66. The average Bonchev–Trinajstić information content (AvgIpc) is 2.37. The molecule has 0 saturated heterocycles. The van der Waals surface area contributed by atoms with Crippen LogP contribution in [0.4, 0.5) is 0 Å². The summed E-state index contributed by atoms with van der Waals surface area (Å²) < 4.78 is 0.889. The van der Waals surface area contributed by atoms with Crippen molar-refractivity contribution in [3.05, 3.63) is 51.5 Å². The average molecular weight is 367 g/mol. The molecule has 0 spiro atoms. The van der Waals surface area contributed by atoms with E-state index in [0.29, 0.717) is 10.5 Å². The monoisotopic (exact) mass is 366 g/mol. The number of hydrogen-bond acceptors (Lipinski definition) is 2. The second kappa shape index (κ2) is 6.13. The highest BCUT2D eigenvalue weighted by atomic mass is 79.9. The van der Waals surface area contributed by atoms with Crippen molar-refractivity contribution in [2.24, 2.45) is 0 Å². The van der Waals surface area contributed by atoms with Crippen LogP contribution in [0.5, 0.6) is 0 Å². The quantitative estimate of drug-likeness (QED) is 0.794. The fourth-order valence-corrected chi connectivity index (χ4v) is 2.96. The summed E-state index contributed by atoms with van der Waals surface area (Å²) in [6.07, 6.45) is 0. The fraction of sp³-hybridized carbons (Fsp3) is 0.250. The summed E-state index contributed by atoms with van der Waals surface area (Å²) in [5, 5.41) is 19.6. The van der Waals surface area contributed by atoms with Crippen LogP contribution >= 0.6 is 27.5 Å². The molecule has 0 heterocycles. The number of halogens is 2. The molecule has 2 rings (SSSR count). The highest BCUT2D eigenvalue weighted by molar-refractivity contribution is 9.10. The molecule has 0 radical (unpaired) electrons. The first kappa shape index (κ1) is 16.6. The lowest BCUT2D eigenvalue weighted by atomic mass is 9.74. The third kappa shape index (κ3) is 3.51. The van der Waals surface area contributed by atoms with Crippen LogP contribution in [0.2, 0.25) is 5.02 Å². The molecule has 0 amide bonds. The van der Waals surface area contributed by atoms with Crippen LogP contribution < -0.4 is 5.46 Å². The van der Waals surface area contributed by atoms with Gasteiger partial charge in [0, 0.05) is 15.0 Å². The minimum atomic E-state index is -1.61. The molecule has 0 aliphatic carbocycles. The predicted molar refractivity (Wildman–Crippen MR) is 93.1 cm³/mol. The number of hydrogen-bond donors (Lipinski definition) is 2. The van der Waals surface area contributed by atoms with Gasteiger partial charge in [-0.2, -0.15) is 0 Å². The third-order valence-corrected chi connectivity index (χ3v) is 4.45. The maximum Gasteiger partial charge on any atom is 0.490 e. The molecule has 2 nitrogen and oxygen atoms in total. The lowest BCUT2D eigenvalue weighted by Crippen LogP contribution is -2.32. The molecule has 110 valence electrons. The van der Waals surface area contributed by atoms with Crippen molar-refractivity contribution in [2.75, 3.05) is 0 Å². The van der Waals surface area contributed by atoms with Crippen molar-refractivity contribution in [2.45, 2.75) is 26.2 Å². The van der Waals surface area contributed by atoms with Gasteiger partial charge in [-0.25, -0.2) is 0 Å². The minimum absolute atomic E-state index is 0.00597.